The summed E-state index contributed by atoms with van der Waals surface area (Å²) in [6, 6.07) is 0. The van der Waals surface area contributed by atoms with Crippen LogP contribution in [-0.4, -0.2) is 17.3 Å². The molecule has 0 aromatic heterocycles. The molecule has 3 nitrogen and oxygen atoms in total. The molecule has 0 heterocycles. The Kier molecular flexibility index (Phi) is 6.17. The Morgan fingerprint density at radius 2 is 1.44 bits per heavy atom. The Morgan fingerprint density at radius 3 is 1.83 bits per heavy atom. The van der Waals surface area contributed by atoms with Crippen molar-refractivity contribution in [1.29, 1.82) is 0 Å². The van der Waals surface area contributed by atoms with Crippen LogP contribution in [0.3, 0.4) is 0 Å². The second-order valence-corrected chi connectivity index (χ2v) is 3.99. The summed E-state index contributed by atoms with van der Waals surface area (Å²) in [6.45, 7) is 12.8. The third kappa shape index (κ3) is 3.13. The van der Waals surface area contributed by atoms with Gasteiger partial charge in [0.1, 0.15) is 0 Å². The van der Waals surface area contributed by atoms with E-state index in [9.17, 15) is 14.4 Å². The van der Waals surface area contributed by atoms with Crippen molar-refractivity contribution in [3.05, 3.63) is 35.5 Å². The minimum atomic E-state index is -0.789. The summed E-state index contributed by atoms with van der Waals surface area (Å²) in [5.41, 5.74) is 0.252. The number of carbonyl (C=O) groups is 3. The van der Waals surface area contributed by atoms with Crippen molar-refractivity contribution in [3.8, 4) is 0 Å². The van der Waals surface area contributed by atoms with Gasteiger partial charge in [0.2, 0.25) is 11.6 Å². The molecule has 98 valence electrons. The molecule has 0 atom stereocenters. The number of rotatable bonds is 1. The summed E-state index contributed by atoms with van der Waals surface area (Å²) in [5.74, 6) is -1.77. The highest BCUT2D eigenvalue weighted by Gasteiger charge is 2.36. The first-order valence-corrected chi connectivity index (χ1v) is 6.11. The van der Waals surface area contributed by atoms with Crippen LogP contribution in [0.25, 0.3) is 0 Å². The lowest BCUT2D eigenvalue weighted by Gasteiger charge is -2.17. The Balaban J connectivity index is 0.00000137. The lowest BCUT2D eigenvalue weighted by atomic mass is 9.82. The normalized spacial score (nSPS) is 20.6. The monoisotopic (exact) mass is 248 g/mol. The van der Waals surface area contributed by atoms with Gasteiger partial charge in [-0.15, -0.1) is 0 Å². The van der Waals surface area contributed by atoms with Gasteiger partial charge in [0.15, 0.2) is 5.78 Å². The number of Topliss-reactive ketones (excluding diaryl/α,β-unsaturated/α-hetero) is 3. The van der Waals surface area contributed by atoms with E-state index in [4.69, 9.17) is 0 Å². The number of hydrogen-bond acceptors (Lipinski definition) is 3. The fraction of sp³-hybridized carbons (Fsp3) is 0.400. The minimum absolute atomic E-state index is 0.0980. The summed E-state index contributed by atoms with van der Waals surface area (Å²) in [6.07, 6.45) is 3.19. The van der Waals surface area contributed by atoms with Crippen molar-refractivity contribution in [3.63, 3.8) is 0 Å². The zero-order valence-corrected chi connectivity index (χ0v) is 11.7. The van der Waals surface area contributed by atoms with Gasteiger partial charge in [-0.1, -0.05) is 46.4 Å². The standard InChI is InChI=1S/C13H14O3.C2H6/c1-5-9-10(6-7(2)3)13(16)12(15)8(4)11(9)14;1-2/h5-7H,4H2,1-3H3;1-2H3/b9-5+,10-6+;. The predicted molar refractivity (Wildman–Crippen MR) is 72.2 cm³/mol. The molecular formula is C15H20O3. The van der Waals surface area contributed by atoms with E-state index in [-0.39, 0.29) is 22.6 Å². The van der Waals surface area contributed by atoms with Crippen LogP contribution in [0.4, 0.5) is 0 Å². The van der Waals surface area contributed by atoms with E-state index in [1.54, 1.807) is 19.1 Å². The van der Waals surface area contributed by atoms with Crippen LogP contribution in [0.1, 0.15) is 34.6 Å². The van der Waals surface area contributed by atoms with E-state index in [0.29, 0.717) is 0 Å². The van der Waals surface area contributed by atoms with Gasteiger partial charge in [0.25, 0.3) is 0 Å². The minimum Gasteiger partial charge on any atom is -0.288 e. The van der Waals surface area contributed by atoms with Crippen molar-refractivity contribution in [2.45, 2.75) is 34.6 Å². The van der Waals surface area contributed by atoms with Crippen LogP contribution in [-0.2, 0) is 14.4 Å². The molecule has 1 fully saturated rings. The Labute approximate surface area is 108 Å². The van der Waals surface area contributed by atoms with Gasteiger partial charge in [-0.25, -0.2) is 0 Å². The second kappa shape index (κ2) is 6.84. The molecule has 0 bridgehead atoms. The van der Waals surface area contributed by atoms with Crippen molar-refractivity contribution in [2.75, 3.05) is 0 Å². The second-order valence-electron chi connectivity index (χ2n) is 3.99. The molecule has 0 aromatic carbocycles. The molecule has 1 saturated carbocycles. The largest absolute Gasteiger partial charge is 0.288 e. The Morgan fingerprint density at radius 1 is 0.944 bits per heavy atom. The molecule has 0 amide bonds. The molecule has 1 aliphatic carbocycles. The highest BCUT2D eigenvalue weighted by Crippen LogP contribution is 2.25. The van der Waals surface area contributed by atoms with Crippen LogP contribution >= 0.6 is 0 Å². The lowest BCUT2D eigenvalue weighted by Crippen LogP contribution is -2.32. The molecular weight excluding hydrogens is 228 g/mol. The van der Waals surface area contributed by atoms with Crippen LogP contribution in [0.5, 0.6) is 0 Å². The molecule has 0 radical (unpaired) electrons. The molecule has 1 rings (SSSR count). The van der Waals surface area contributed by atoms with Crippen LogP contribution in [0.2, 0.25) is 0 Å². The Bertz CT molecular complexity index is 448. The fourth-order valence-electron chi connectivity index (χ4n) is 1.56. The summed E-state index contributed by atoms with van der Waals surface area (Å²) in [7, 11) is 0. The summed E-state index contributed by atoms with van der Waals surface area (Å²) in [4.78, 5) is 34.9. The fourth-order valence-corrected chi connectivity index (χ4v) is 1.56. The SMILES string of the molecule is C=C1C(=O)C(=O)C(=C/C(C)C)/C(=C\C)C1=O.CC. The molecule has 0 unspecified atom stereocenters. The summed E-state index contributed by atoms with van der Waals surface area (Å²) in [5, 5.41) is 0. The van der Waals surface area contributed by atoms with Gasteiger partial charge in [-0.05, 0) is 12.8 Å². The summed E-state index contributed by atoms with van der Waals surface area (Å²) < 4.78 is 0. The van der Waals surface area contributed by atoms with Crippen molar-refractivity contribution >= 4 is 17.3 Å². The van der Waals surface area contributed by atoms with Crippen molar-refractivity contribution in [1.82, 2.24) is 0 Å². The van der Waals surface area contributed by atoms with Gasteiger partial charge in [0.05, 0.1) is 5.57 Å². The van der Waals surface area contributed by atoms with Crippen molar-refractivity contribution < 1.29 is 14.4 Å². The average molecular weight is 248 g/mol. The summed E-state index contributed by atoms with van der Waals surface area (Å²) >= 11 is 0. The van der Waals surface area contributed by atoms with E-state index in [1.807, 2.05) is 27.7 Å². The van der Waals surface area contributed by atoms with Crippen LogP contribution in [0, 0.1) is 5.92 Å². The smallest absolute Gasteiger partial charge is 0.236 e. The number of ketones is 3. The molecule has 0 aliphatic heterocycles. The Hall–Kier alpha value is -1.77. The van der Waals surface area contributed by atoms with Gasteiger partial charge in [-0.3, -0.25) is 14.4 Å². The van der Waals surface area contributed by atoms with E-state index < -0.39 is 17.3 Å². The topological polar surface area (TPSA) is 51.2 Å². The molecule has 0 spiro atoms. The highest BCUT2D eigenvalue weighted by molar-refractivity contribution is 6.60. The third-order valence-corrected chi connectivity index (χ3v) is 2.32. The zero-order valence-electron chi connectivity index (χ0n) is 11.7. The van der Waals surface area contributed by atoms with Crippen LogP contribution in [0.15, 0.2) is 35.5 Å². The van der Waals surface area contributed by atoms with Gasteiger partial charge in [0, 0.05) is 11.1 Å². The first-order valence-electron chi connectivity index (χ1n) is 6.11. The maximum atomic E-state index is 11.7. The first kappa shape index (κ1) is 16.2. The van der Waals surface area contributed by atoms with Crippen LogP contribution < -0.4 is 0 Å². The molecule has 18 heavy (non-hydrogen) atoms. The number of allylic oxidation sites excluding steroid dienone is 5. The average Bonchev–Trinajstić information content (AvgIpc) is 2.36. The third-order valence-electron chi connectivity index (χ3n) is 2.32. The quantitative estimate of drug-likeness (QED) is 0.407. The van der Waals surface area contributed by atoms with E-state index >= 15 is 0 Å². The maximum absolute atomic E-state index is 11.7. The zero-order chi connectivity index (χ0) is 14.5. The van der Waals surface area contributed by atoms with E-state index in [2.05, 4.69) is 6.58 Å². The predicted octanol–water partition coefficient (Wildman–Crippen LogP) is 2.82. The highest BCUT2D eigenvalue weighted by atomic mass is 16.2. The first-order chi connectivity index (χ1) is 8.40. The van der Waals surface area contributed by atoms with Crippen molar-refractivity contribution in [2.24, 2.45) is 5.92 Å². The van der Waals surface area contributed by atoms with E-state index in [0.717, 1.165) is 0 Å². The van der Waals surface area contributed by atoms with E-state index in [1.165, 1.54) is 0 Å². The molecule has 1 aliphatic rings. The molecule has 0 aromatic rings. The molecule has 3 heteroatoms. The number of carbonyl (C=O) groups excluding carboxylic acids is 3. The molecule has 0 saturated heterocycles. The molecule has 0 N–H and O–H groups in total. The maximum Gasteiger partial charge on any atom is 0.236 e. The number of hydrogen-bond donors (Lipinski definition) is 0. The van der Waals surface area contributed by atoms with Gasteiger partial charge < -0.3 is 0 Å². The lowest BCUT2D eigenvalue weighted by molar-refractivity contribution is -0.134. The van der Waals surface area contributed by atoms with Gasteiger partial charge >= 0.3 is 0 Å². The van der Waals surface area contributed by atoms with Gasteiger partial charge in [-0.2, -0.15) is 0 Å².